The highest BCUT2D eigenvalue weighted by Crippen LogP contribution is 2.21. The minimum absolute atomic E-state index is 0.0763. The van der Waals surface area contributed by atoms with Gasteiger partial charge in [0.1, 0.15) is 5.75 Å². The molecule has 4 nitrogen and oxygen atoms in total. The second kappa shape index (κ2) is 7.46. The lowest BCUT2D eigenvalue weighted by Crippen LogP contribution is -2.49. The number of likely N-dealkylation sites (tertiary alicyclic amines) is 1. The van der Waals surface area contributed by atoms with E-state index in [9.17, 15) is 9.90 Å². The Hall–Kier alpha value is -1.55. The number of hydrogen-bond donors (Lipinski definition) is 2. The van der Waals surface area contributed by atoms with E-state index < -0.39 is 0 Å². The van der Waals surface area contributed by atoms with Gasteiger partial charge in [-0.25, -0.2) is 0 Å². The third-order valence-corrected chi connectivity index (χ3v) is 4.34. The standard InChI is InChI=1S/C17H26N2O2/c1-3-16-12-15(18-13(2)20)9-11-19(16)10-8-14-4-6-17(21)7-5-14/h4-7,15-16,21H,3,8-12H2,1-2H3,(H,18,20)/t15-,16-/m0/s1. The van der Waals surface area contributed by atoms with Crippen LogP contribution in [0.4, 0.5) is 0 Å². The van der Waals surface area contributed by atoms with E-state index in [1.165, 1.54) is 5.56 Å². The second-order valence-electron chi connectivity index (χ2n) is 5.94. The van der Waals surface area contributed by atoms with Gasteiger partial charge in [0, 0.05) is 32.1 Å². The van der Waals surface area contributed by atoms with E-state index in [0.29, 0.717) is 17.8 Å². The van der Waals surface area contributed by atoms with Crippen molar-refractivity contribution in [2.45, 2.75) is 51.6 Å². The number of aromatic hydroxyl groups is 1. The van der Waals surface area contributed by atoms with Crippen LogP contribution in [-0.4, -0.2) is 41.1 Å². The summed E-state index contributed by atoms with van der Waals surface area (Å²) in [5.74, 6) is 0.397. The molecule has 2 rings (SSSR count). The molecule has 116 valence electrons. The highest BCUT2D eigenvalue weighted by Gasteiger charge is 2.27. The van der Waals surface area contributed by atoms with Crippen molar-refractivity contribution >= 4 is 5.91 Å². The van der Waals surface area contributed by atoms with Crippen LogP contribution >= 0.6 is 0 Å². The number of nitrogens with zero attached hydrogens (tertiary/aromatic N) is 1. The highest BCUT2D eigenvalue weighted by atomic mass is 16.3. The average Bonchev–Trinajstić information content (AvgIpc) is 2.47. The molecule has 0 bridgehead atoms. The lowest BCUT2D eigenvalue weighted by molar-refractivity contribution is -0.120. The van der Waals surface area contributed by atoms with E-state index in [2.05, 4.69) is 17.1 Å². The number of benzene rings is 1. The number of piperidine rings is 1. The highest BCUT2D eigenvalue weighted by molar-refractivity contribution is 5.73. The van der Waals surface area contributed by atoms with Gasteiger partial charge in [-0.05, 0) is 43.4 Å². The number of carbonyl (C=O) groups excluding carboxylic acids is 1. The van der Waals surface area contributed by atoms with Crippen LogP contribution in [0.1, 0.15) is 38.7 Å². The molecule has 21 heavy (non-hydrogen) atoms. The molecule has 1 aliphatic rings. The summed E-state index contributed by atoms with van der Waals surface area (Å²) in [6, 6.07) is 8.34. The first-order valence-corrected chi connectivity index (χ1v) is 7.87. The Morgan fingerprint density at radius 3 is 2.71 bits per heavy atom. The fourth-order valence-electron chi connectivity index (χ4n) is 3.17. The number of carbonyl (C=O) groups is 1. The maximum absolute atomic E-state index is 11.2. The van der Waals surface area contributed by atoms with Gasteiger partial charge in [0.15, 0.2) is 0 Å². The fraction of sp³-hybridized carbons (Fsp3) is 0.588. The minimum atomic E-state index is 0.0763. The summed E-state index contributed by atoms with van der Waals surface area (Å²) in [7, 11) is 0. The predicted molar refractivity (Wildman–Crippen MR) is 84.3 cm³/mol. The molecule has 0 aliphatic carbocycles. The minimum Gasteiger partial charge on any atom is -0.508 e. The Balaban J connectivity index is 1.85. The maximum atomic E-state index is 11.2. The molecule has 1 aromatic rings. The molecule has 1 aromatic carbocycles. The van der Waals surface area contributed by atoms with Gasteiger partial charge in [-0.3, -0.25) is 9.69 Å². The van der Waals surface area contributed by atoms with Gasteiger partial charge in [0.2, 0.25) is 5.91 Å². The van der Waals surface area contributed by atoms with Crippen molar-refractivity contribution in [3.63, 3.8) is 0 Å². The molecular formula is C17H26N2O2. The average molecular weight is 290 g/mol. The SMILES string of the molecule is CC[C@H]1C[C@@H](NC(C)=O)CCN1CCc1ccc(O)cc1. The molecule has 1 fully saturated rings. The number of phenolic OH excluding ortho intramolecular Hbond substituents is 1. The van der Waals surface area contributed by atoms with Crippen LogP contribution in [0.3, 0.4) is 0 Å². The Morgan fingerprint density at radius 2 is 2.10 bits per heavy atom. The van der Waals surface area contributed by atoms with Gasteiger partial charge in [-0.1, -0.05) is 19.1 Å². The molecule has 0 aromatic heterocycles. The summed E-state index contributed by atoms with van der Waals surface area (Å²) < 4.78 is 0. The van der Waals surface area contributed by atoms with Crippen LogP contribution in [0.5, 0.6) is 5.75 Å². The van der Waals surface area contributed by atoms with Crippen LogP contribution in [0, 0.1) is 0 Å². The van der Waals surface area contributed by atoms with Crippen molar-refractivity contribution in [3.8, 4) is 5.75 Å². The summed E-state index contributed by atoms with van der Waals surface area (Å²) in [5.41, 5.74) is 1.26. The Labute approximate surface area is 127 Å². The van der Waals surface area contributed by atoms with E-state index in [1.807, 2.05) is 12.1 Å². The molecule has 0 spiro atoms. The second-order valence-corrected chi connectivity index (χ2v) is 5.94. The number of hydrogen-bond acceptors (Lipinski definition) is 3. The van der Waals surface area contributed by atoms with Gasteiger partial charge >= 0.3 is 0 Å². The number of rotatable bonds is 5. The van der Waals surface area contributed by atoms with E-state index >= 15 is 0 Å². The molecular weight excluding hydrogens is 264 g/mol. The van der Waals surface area contributed by atoms with Crippen LogP contribution in [-0.2, 0) is 11.2 Å². The molecule has 1 aliphatic heterocycles. The van der Waals surface area contributed by atoms with Crippen LogP contribution in [0.15, 0.2) is 24.3 Å². The lowest BCUT2D eigenvalue weighted by Gasteiger charge is -2.39. The van der Waals surface area contributed by atoms with Crippen LogP contribution < -0.4 is 5.32 Å². The van der Waals surface area contributed by atoms with E-state index in [4.69, 9.17) is 0 Å². The largest absolute Gasteiger partial charge is 0.508 e. The smallest absolute Gasteiger partial charge is 0.217 e. The summed E-state index contributed by atoms with van der Waals surface area (Å²) >= 11 is 0. The van der Waals surface area contributed by atoms with Crippen molar-refractivity contribution in [2.75, 3.05) is 13.1 Å². The molecule has 2 N–H and O–H groups in total. The number of nitrogens with one attached hydrogen (secondary N) is 1. The summed E-state index contributed by atoms with van der Waals surface area (Å²) in [6.07, 6.45) is 4.20. The molecule has 4 heteroatoms. The quantitative estimate of drug-likeness (QED) is 0.875. The zero-order chi connectivity index (χ0) is 15.2. The summed E-state index contributed by atoms with van der Waals surface area (Å²) in [4.78, 5) is 13.7. The first kappa shape index (κ1) is 15.8. The topological polar surface area (TPSA) is 52.6 Å². The monoisotopic (exact) mass is 290 g/mol. The van der Waals surface area contributed by atoms with Crippen molar-refractivity contribution in [2.24, 2.45) is 0 Å². The predicted octanol–water partition coefficient (Wildman–Crippen LogP) is 2.31. The number of amides is 1. The summed E-state index contributed by atoms with van der Waals surface area (Å²) in [6.45, 7) is 5.89. The molecule has 1 amide bonds. The maximum Gasteiger partial charge on any atom is 0.217 e. The first-order chi connectivity index (χ1) is 10.1. The molecule has 1 saturated heterocycles. The zero-order valence-corrected chi connectivity index (χ0v) is 13.0. The Kier molecular flexibility index (Phi) is 5.62. The van der Waals surface area contributed by atoms with Crippen LogP contribution in [0.2, 0.25) is 0 Å². The van der Waals surface area contributed by atoms with Gasteiger partial charge in [0.25, 0.3) is 0 Å². The van der Waals surface area contributed by atoms with Crippen molar-refractivity contribution in [1.29, 1.82) is 0 Å². The van der Waals surface area contributed by atoms with Crippen LogP contribution in [0.25, 0.3) is 0 Å². The Bertz CT molecular complexity index is 458. The third kappa shape index (κ3) is 4.74. The van der Waals surface area contributed by atoms with Crippen molar-refractivity contribution < 1.29 is 9.90 Å². The summed E-state index contributed by atoms with van der Waals surface area (Å²) in [5, 5.41) is 12.4. The number of phenols is 1. The van der Waals surface area contributed by atoms with Crippen molar-refractivity contribution in [1.82, 2.24) is 10.2 Å². The van der Waals surface area contributed by atoms with E-state index in [1.54, 1.807) is 19.1 Å². The van der Waals surface area contributed by atoms with Gasteiger partial charge < -0.3 is 10.4 Å². The van der Waals surface area contributed by atoms with E-state index in [-0.39, 0.29) is 5.91 Å². The molecule has 2 atom stereocenters. The molecule has 1 heterocycles. The van der Waals surface area contributed by atoms with Gasteiger partial charge in [-0.15, -0.1) is 0 Å². The first-order valence-electron chi connectivity index (χ1n) is 7.87. The Morgan fingerprint density at radius 1 is 1.38 bits per heavy atom. The molecule has 0 saturated carbocycles. The lowest BCUT2D eigenvalue weighted by atomic mass is 9.94. The normalized spacial score (nSPS) is 23.0. The van der Waals surface area contributed by atoms with Gasteiger partial charge in [0.05, 0.1) is 0 Å². The fourth-order valence-corrected chi connectivity index (χ4v) is 3.17. The van der Waals surface area contributed by atoms with E-state index in [0.717, 1.165) is 38.8 Å². The molecule has 0 radical (unpaired) electrons. The molecule has 0 unspecified atom stereocenters. The van der Waals surface area contributed by atoms with Gasteiger partial charge in [-0.2, -0.15) is 0 Å². The zero-order valence-electron chi connectivity index (χ0n) is 13.0. The van der Waals surface area contributed by atoms with Crippen molar-refractivity contribution in [3.05, 3.63) is 29.8 Å². The third-order valence-electron chi connectivity index (χ3n) is 4.34.